The van der Waals surface area contributed by atoms with Gasteiger partial charge in [-0.25, -0.2) is 0 Å². The lowest BCUT2D eigenvalue weighted by molar-refractivity contribution is -0.137. The number of nitrogens with one attached hydrogen (secondary N) is 2. The van der Waals surface area contributed by atoms with Gasteiger partial charge in [-0.3, -0.25) is 4.79 Å². The van der Waals surface area contributed by atoms with Crippen molar-refractivity contribution >= 4 is 23.2 Å². The Morgan fingerprint density at radius 2 is 1.76 bits per heavy atom. The van der Waals surface area contributed by atoms with Gasteiger partial charge < -0.3 is 10.6 Å². The smallest absolute Gasteiger partial charge is 0.383 e. The molecule has 3 nitrogen and oxygen atoms in total. The maximum atomic E-state index is 12.7. The van der Waals surface area contributed by atoms with Gasteiger partial charge in [-0.2, -0.15) is 13.2 Å². The van der Waals surface area contributed by atoms with Gasteiger partial charge in [0.25, 0.3) is 0 Å². The highest BCUT2D eigenvalue weighted by molar-refractivity contribution is 6.33. The molecular weight excluding hydrogens is 353 g/mol. The monoisotopic (exact) mass is 370 g/mol. The number of benzene rings is 2. The van der Waals surface area contributed by atoms with Gasteiger partial charge in [0.05, 0.1) is 16.3 Å². The zero-order chi connectivity index (χ0) is 18.3. The van der Waals surface area contributed by atoms with Crippen LogP contribution >= 0.6 is 11.6 Å². The van der Waals surface area contributed by atoms with Crippen molar-refractivity contribution in [2.75, 3.05) is 18.4 Å². The van der Waals surface area contributed by atoms with E-state index in [4.69, 9.17) is 11.6 Å². The van der Waals surface area contributed by atoms with Crippen LogP contribution in [0.3, 0.4) is 0 Å². The van der Waals surface area contributed by atoms with Crippen molar-refractivity contribution in [1.29, 1.82) is 0 Å². The van der Waals surface area contributed by atoms with E-state index in [-0.39, 0.29) is 29.6 Å². The molecule has 0 bridgehead atoms. The first-order valence-corrected chi connectivity index (χ1v) is 8.15. The van der Waals surface area contributed by atoms with E-state index in [9.17, 15) is 18.0 Å². The van der Waals surface area contributed by atoms with Crippen molar-refractivity contribution < 1.29 is 18.0 Å². The van der Waals surface area contributed by atoms with E-state index in [1.54, 1.807) is 0 Å². The second kappa shape index (κ2) is 8.76. The number of amides is 1. The van der Waals surface area contributed by atoms with Crippen LogP contribution in [0.2, 0.25) is 5.02 Å². The number of hydrogen-bond acceptors (Lipinski definition) is 2. The molecule has 2 N–H and O–H groups in total. The molecule has 1 amide bonds. The summed E-state index contributed by atoms with van der Waals surface area (Å²) < 4.78 is 38.1. The topological polar surface area (TPSA) is 41.1 Å². The van der Waals surface area contributed by atoms with Gasteiger partial charge in [0.2, 0.25) is 5.91 Å². The number of anilines is 1. The fourth-order valence-electron chi connectivity index (χ4n) is 2.23. The summed E-state index contributed by atoms with van der Waals surface area (Å²) >= 11 is 5.88. The zero-order valence-corrected chi connectivity index (χ0v) is 14.1. The van der Waals surface area contributed by atoms with Crippen molar-refractivity contribution in [3.63, 3.8) is 0 Å². The lowest BCUT2D eigenvalue weighted by Crippen LogP contribution is -2.27. The Morgan fingerprint density at radius 1 is 1.04 bits per heavy atom. The second-order valence-electron chi connectivity index (χ2n) is 5.45. The largest absolute Gasteiger partial charge is 0.416 e. The summed E-state index contributed by atoms with van der Waals surface area (Å²) in [5.74, 6) is -0.175. The Bertz CT molecular complexity index is 705. The van der Waals surface area contributed by atoms with Gasteiger partial charge in [0, 0.05) is 19.5 Å². The van der Waals surface area contributed by atoms with Crippen molar-refractivity contribution in [3.8, 4) is 0 Å². The zero-order valence-electron chi connectivity index (χ0n) is 13.4. The quantitative estimate of drug-likeness (QED) is 0.752. The van der Waals surface area contributed by atoms with Crippen LogP contribution in [-0.4, -0.2) is 19.0 Å². The molecule has 0 aliphatic carbocycles. The van der Waals surface area contributed by atoms with E-state index >= 15 is 0 Å². The number of rotatable bonds is 7. The Morgan fingerprint density at radius 3 is 2.44 bits per heavy atom. The van der Waals surface area contributed by atoms with Gasteiger partial charge in [0.15, 0.2) is 0 Å². The molecule has 0 aliphatic rings. The Labute approximate surface area is 149 Å². The maximum absolute atomic E-state index is 12.7. The molecule has 0 radical (unpaired) electrons. The van der Waals surface area contributed by atoms with Crippen LogP contribution in [-0.2, 0) is 17.4 Å². The lowest BCUT2D eigenvalue weighted by Gasteiger charge is -2.12. The molecule has 0 aliphatic heterocycles. The van der Waals surface area contributed by atoms with Crippen LogP contribution in [0.25, 0.3) is 0 Å². The molecule has 2 aromatic rings. The molecule has 2 aromatic carbocycles. The van der Waals surface area contributed by atoms with E-state index < -0.39 is 11.7 Å². The van der Waals surface area contributed by atoms with Crippen molar-refractivity contribution in [2.24, 2.45) is 0 Å². The first-order chi connectivity index (χ1) is 11.9. The third-order valence-electron chi connectivity index (χ3n) is 3.54. The number of hydrogen-bond donors (Lipinski definition) is 2. The van der Waals surface area contributed by atoms with E-state index in [2.05, 4.69) is 10.6 Å². The summed E-state index contributed by atoms with van der Waals surface area (Å²) in [6.07, 6.45) is -3.57. The third kappa shape index (κ3) is 6.31. The highest BCUT2D eigenvalue weighted by atomic mass is 35.5. The summed E-state index contributed by atoms with van der Waals surface area (Å²) in [7, 11) is 0. The fraction of sp³-hybridized carbons (Fsp3) is 0.278. The van der Waals surface area contributed by atoms with Gasteiger partial charge in [0.1, 0.15) is 0 Å². The molecular formula is C18H18ClF3N2O. The molecule has 0 saturated heterocycles. The normalized spacial score (nSPS) is 11.2. The minimum Gasteiger partial charge on any atom is -0.383 e. The van der Waals surface area contributed by atoms with Crippen LogP contribution in [0, 0.1) is 0 Å². The van der Waals surface area contributed by atoms with Crippen LogP contribution in [0.4, 0.5) is 18.9 Å². The van der Waals surface area contributed by atoms with Crippen molar-refractivity contribution in [1.82, 2.24) is 5.32 Å². The SMILES string of the molecule is O=C(CCNc1cc(C(F)(F)F)ccc1Cl)NCCc1ccccc1. The average molecular weight is 371 g/mol. The highest BCUT2D eigenvalue weighted by Crippen LogP contribution is 2.33. The predicted octanol–water partition coefficient (Wildman–Crippen LogP) is 4.52. The van der Waals surface area contributed by atoms with Crippen molar-refractivity contribution in [3.05, 3.63) is 64.7 Å². The molecule has 25 heavy (non-hydrogen) atoms. The van der Waals surface area contributed by atoms with E-state index in [0.29, 0.717) is 6.54 Å². The Balaban J connectivity index is 1.75. The van der Waals surface area contributed by atoms with Gasteiger partial charge in [-0.05, 0) is 30.2 Å². The second-order valence-corrected chi connectivity index (χ2v) is 5.86. The number of halogens is 4. The van der Waals surface area contributed by atoms with E-state index in [0.717, 1.165) is 24.1 Å². The predicted molar refractivity (Wildman–Crippen MR) is 92.7 cm³/mol. The van der Waals surface area contributed by atoms with E-state index in [1.165, 1.54) is 6.07 Å². The molecule has 7 heteroatoms. The highest BCUT2D eigenvalue weighted by Gasteiger charge is 2.30. The summed E-state index contributed by atoms with van der Waals surface area (Å²) in [6, 6.07) is 12.8. The Hall–Kier alpha value is -2.21. The molecule has 134 valence electrons. The lowest BCUT2D eigenvalue weighted by atomic mass is 10.1. The van der Waals surface area contributed by atoms with E-state index in [1.807, 2.05) is 30.3 Å². The molecule has 0 saturated carbocycles. The third-order valence-corrected chi connectivity index (χ3v) is 3.87. The van der Waals surface area contributed by atoms with Gasteiger partial charge in [-0.15, -0.1) is 0 Å². The number of carbonyl (C=O) groups is 1. The first kappa shape index (κ1) is 19.1. The standard InChI is InChI=1S/C18H18ClF3N2O/c19-15-7-6-14(18(20,21)22)12-16(15)23-11-9-17(25)24-10-8-13-4-2-1-3-5-13/h1-7,12,23H,8-11H2,(H,24,25). The summed E-state index contributed by atoms with van der Waals surface area (Å²) in [5, 5.41) is 5.73. The fourth-order valence-corrected chi connectivity index (χ4v) is 2.41. The van der Waals surface area contributed by atoms with Crippen molar-refractivity contribution in [2.45, 2.75) is 19.0 Å². The summed E-state index contributed by atoms with van der Waals surface area (Å²) in [5.41, 5.74) is 0.497. The molecule has 0 unspecified atom stereocenters. The maximum Gasteiger partial charge on any atom is 0.416 e. The van der Waals surface area contributed by atoms with Crippen LogP contribution in [0.1, 0.15) is 17.5 Å². The molecule has 0 heterocycles. The number of carbonyl (C=O) groups excluding carboxylic acids is 1. The molecule has 2 rings (SSSR count). The summed E-state index contributed by atoms with van der Waals surface area (Å²) in [4.78, 5) is 11.8. The average Bonchev–Trinajstić information content (AvgIpc) is 2.56. The number of alkyl halides is 3. The summed E-state index contributed by atoms with van der Waals surface area (Å²) in [6.45, 7) is 0.700. The van der Waals surface area contributed by atoms with Crippen LogP contribution in [0.15, 0.2) is 48.5 Å². The van der Waals surface area contributed by atoms with Gasteiger partial charge in [-0.1, -0.05) is 41.9 Å². The molecule has 0 spiro atoms. The molecule has 0 aromatic heterocycles. The molecule has 0 fully saturated rings. The first-order valence-electron chi connectivity index (χ1n) is 7.77. The minimum absolute atomic E-state index is 0.140. The van der Waals surface area contributed by atoms with Crippen LogP contribution < -0.4 is 10.6 Å². The Kier molecular flexibility index (Phi) is 6.70. The minimum atomic E-state index is -4.43. The van der Waals surface area contributed by atoms with Crippen LogP contribution in [0.5, 0.6) is 0 Å². The molecule has 0 atom stereocenters. The van der Waals surface area contributed by atoms with Gasteiger partial charge >= 0.3 is 6.18 Å².